The average Bonchev–Trinajstić information content (AvgIpc) is 0.911. The number of halogens is 11. The zero-order valence-electron chi connectivity index (χ0n) is 59.9. The van der Waals surface area contributed by atoms with Gasteiger partial charge in [0.2, 0.25) is 0 Å². The van der Waals surface area contributed by atoms with Gasteiger partial charge in [0.15, 0.2) is 5.78 Å². The van der Waals surface area contributed by atoms with Crippen LogP contribution in [-0.2, 0) is 14.3 Å². The number of hydrogen-bond donors (Lipinski definition) is 12. The highest BCUT2D eigenvalue weighted by atomic mass is 79.9. The zero-order valence-corrected chi connectivity index (χ0v) is 67.9. The van der Waals surface area contributed by atoms with Gasteiger partial charge in [0.25, 0.3) is 0 Å². The van der Waals surface area contributed by atoms with Gasteiger partial charge in [-0.25, -0.2) is 0 Å². The molecule has 104 heavy (non-hydrogen) atoms. The van der Waals surface area contributed by atoms with Crippen LogP contribution in [0.5, 0.6) is 0 Å². The monoisotopic (exact) mass is 1790 g/mol. The van der Waals surface area contributed by atoms with Gasteiger partial charge in [0, 0.05) is 75.4 Å². The first-order valence-corrected chi connectivity index (χ1v) is 37.7. The molecule has 5 aromatic rings. The second kappa shape index (κ2) is 58.9. The quantitative estimate of drug-likeness (QED) is 0.0118. The molecule has 1 aliphatic heterocycles. The molecule has 0 aromatic heterocycles. The van der Waals surface area contributed by atoms with Crippen molar-refractivity contribution in [3.05, 3.63) is 174 Å². The van der Waals surface area contributed by atoms with Gasteiger partial charge in [-0.15, -0.1) is 6.42 Å². The molecule has 6 rings (SSSR count). The number of amides is 2. The van der Waals surface area contributed by atoms with Crippen LogP contribution < -0.4 is 22.5 Å². The van der Waals surface area contributed by atoms with E-state index in [9.17, 15) is 76.5 Å². The fourth-order valence-electron chi connectivity index (χ4n) is 8.99. The lowest BCUT2D eigenvalue weighted by Gasteiger charge is -2.20. The van der Waals surface area contributed by atoms with E-state index in [1.54, 1.807) is 53.1 Å². The number of benzene rings is 5. The number of rotatable bonds is 24. The maximum atomic E-state index is 12.2. The first-order chi connectivity index (χ1) is 48.1. The van der Waals surface area contributed by atoms with E-state index in [0.29, 0.717) is 57.5 Å². The van der Waals surface area contributed by atoms with Crippen LogP contribution in [0.15, 0.2) is 135 Å². The van der Waals surface area contributed by atoms with Gasteiger partial charge in [0.05, 0.1) is 29.7 Å². The molecule has 0 unspecified atom stereocenters. The second-order valence-electron chi connectivity index (χ2n) is 22.9. The number of nitrogens with one attached hydrogen (secondary N) is 2. The highest BCUT2D eigenvalue weighted by Crippen LogP contribution is 2.25. The summed E-state index contributed by atoms with van der Waals surface area (Å²) in [7, 11) is 1.00. The molecule has 1 fully saturated rings. The number of ether oxygens (including phenoxy) is 1. The Balaban J connectivity index is -0.000000580. The maximum Gasteiger partial charge on any atom is 0.471 e. The van der Waals surface area contributed by atoms with Gasteiger partial charge in [-0.05, 0) is 134 Å². The van der Waals surface area contributed by atoms with Crippen LogP contribution in [0.4, 0.5) is 26.3 Å². The number of nitrogens with two attached hydrogens (primary N) is 1. The fraction of sp³-hybridized carbons (Fsp3) is 0.487. The van der Waals surface area contributed by atoms with E-state index < -0.39 is 78.5 Å². The van der Waals surface area contributed by atoms with E-state index in [1.807, 2.05) is 108 Å². The van der Waals surface area contributed by atoms with Crippen LogP contribution in [0.2, 0.25) is 0 Å². The van der Waals surface area contributed by atoms with E-state index in [1.165, 1.54) is 25.0 Å². The van der Waals surface area contributed by atoms with Crippen LogP contribution >= 0.6 is 79.6 Å². The Morgan fingerprint density at radius 1 is 0.519 bits per heavy atom. The van der Waals surface area contributed by atoms with Crippen molar-refractivity contribution in [2.75, 3.05) is 50.6 Å². The number of ketones is 1. The zero-order chi connectivity index (χ0) is 78.0. The molecule has 1 heterocycles. The minimum Gasteiger partial charge on any atom is -0.412 e. The SMILES string of the molecule is C#CC(O)(CCC)CCC.C1CCOC1.CCCC(O)(C#Cc1cccc([C@H](O)CN)c1)CCC.CCCC(O)(C#Cc1cccc([C@H](O)CNC(=O)C(F)(F)F)c1)CCC.CO.N.O.O=C(CBr)c1cccc(Br)c1.O=C(NC[C@@H](O)c1cccc(Br)c1)C(F)(F)F.O[C@H](CBr)c1cccc(Br)c1. The molecule has 0 aliphatic carbocycles. The van der Waals surface area contributed by atoms with Gasteiger partial charge < -0.3 is 73.6 Å². The summed E-state index contributed by atoms with van der Waals surface area (Å²) in [6.07, 6.45) is 3.39. The summed E-state index contributed by atoms with van der Waals surface area (Å²) >= 11 is 16.1. The Labute approximate surface area is 652 Å². The topological polar surface area (TPSA) is 339 Å². The summed E-state index contributed by atoms with van der Waals surface area (Å²) in [5.74, 6) is 10.1. The summed E-state index contributed by atoms with van der Waals surface area (Å²) in [5, 5.41) is 80.4. The first-order valence-electron chi connectivity index (χ1n) is 33.1. The number of terminal acetylenes is 1. The Morgan fingerprint density at radius 3 is 1.12 bits per heavy atom. The predicted molar refractivity (Wildman–Crippen MR) is 418 cm³/mol. The smallest absolute Gasteiger partial charge is 0.412 e. The van der Waals surface area contributed by atoms with Crippen LogP contribution in [0.25, 0.3) is 0 Å². The molecule has 584 valence electrons. The van der Waals surface area contributed by atoms with Crippen molar-refractivity contribution in [1.29, 1.82) is 0 Å². The number of aliphatic hydroxyl groups excluding tert-OH is 5. The Morgan fingerprint density at radius 2 is 0.837 bits per heavy atom. The first kappa shape index (κ1) is 105. The van der Waals surface area contributed by atoms with E-state index in [0.717, 1.165) is 103 Å². The van der Waals surface area contributed by atoms with Crippen LogP contribution in [-0.4, -0.2) is 144 Å². The third-order valence-electron chi connectivity index (χ3n) is 14.0. The van der Waals surface area contributed by atoms with Crippen molar-refractivity contribution >= 4 is 97.2 Å². The fourth-order valence-corrected chi connectivity index (χ4v) is 10.9. The molecular formula is C76H105Br5F6N4O13. The molecule has 28 heteroatoms. The summed E-state index contributed by atoms with van der Waals surface area (Å²) in [4.78, 5) is 32.4. The van der Waals surface area contributed by atoms with E-state index >= 15 is 0 Å². The van der Waals surface area contributed by atoms with Crippen molar-refractivity contribution in [2.24, 2.45) is 5.73 Å². The van der Waals surface area contributed by atoms with Crippen molar-refractivity contribution in [1.82, 2.24) is 16.8 Å². The number of alkyl halides is 8. The summed E-state index contributed by atoms with van der Waals surface area (Å²) in [6.45, 7) is 13.2. The molecule has 17 N–H and O–H groups in total. The number of aliphatic hydroxyl groups is 8. The summed E-state index contributed by atoms with van der Waals surface area (Å²) < 4.78 is 79.7. The third kappa shape index (κ3) is 47.5. The lowest BCUT2D eigenvalue weighted by molar-refractivity contribution is -0.174. The molecule has 1 aliphatic rings. The average molecular weight is 1800 g/mol. The Hall–Kier alpha value is -5.11. The molecule has 0 saturated carbocycles. The van der Waals surface area contributed by atoms with Crippen molar-refractivity contribution < 1.29 is 91.8 Å². The molecular weight excluding hydrogens is 1690 g/mol. The second-order valence-corrected chi connectivity index (χ2v) is 26.8. The summed E-state index contributed by atoms with van der Waals surface area (Å²) in [6, 6.07) is 35.2. The molecule has 4 atom stereocenters. The molecule has 0 bridgehead atoms. The van der Waals surface area contributed by atoms with E-state index in [2.05, 4.69) is 109 Å². The van der Waals surface area contributed by atoms with Gasteiger partial charge in [-0.1, -0.05) is 250 Å². The molecule has 0 spiro atoms. The van der Waals surface area contributed by atoms with Gasteiger partial charge in [-0.3, -0.25) is 14.4 Å². The predicted octanol–water partition coefficient (Wildman–Crippen LogP) is 15.2. The lowest BCUT2D eigenvalue weighted by Crippen LogP contribution is -2.38. The maximum absolute atomic E-state index is 12.2. The summed E-state index contributed by atoms with van der Waals surface area (Å²) in [5.41, 5.74) is 7.10. The van der Waals surface area contributed by atoms with Crippen LogP contribution in [0, 0.1) is 36.0 Å². The Kier molecular flexibility index (Phi) is 59.6. The minimum absolute atomic E-state index is 0. The van der Waals surface area contributed by atoms with Crippen molar-refractivity contribution in [3.63, 3.8) is 0 Å². The lowest BCUT2D eigenvalue weighted by atomic mass is 9.93. The number of carbonyl (C=O) groups excluding carboxylic acids is 3. The van der Waals surface area contributed by atoms with Gasteiger partial charge in [-0.2, -0.15) is 26.3 Å². The number of hydrogen-bond acceptors (Lipinski definition) is 14. The molecule has 2 amide bonds. The Bertz CT molecular complexity index is 3320. The van der Waals surface area contributed by atoms with Gasteiger partial charge in [0.1, 0.15) is 16.8 Å². The highest BCUT2D eigenvalue weighted by molar-refractivity contribution is 9.11. The standard InChI is InChI=1S/C19H24F3NO3.C17H25NO2.C10H9BrF3NO2.C9H16O.C8H8Br2O.C8H6Br2O.C4H8O.CH4O.H3N.H2O/c1-3-9-18(26,10-4-2)11-8-14-6-5-7-15(12-14)16(24)13-23-17(25)19(20,21)22;1-3-9-17(20,10-4-2)11-8-14-6-5-7-15(12-14)16(19)13-18;11-7-3-1-2-6(4-7)8(16)5-15-9(17)10(12,13)14;1-4-7-9(10,6-3)8-5-2;2*9-5-8(11)6-2-1-3-7(10)4-6;1-2-4-5-3-1;1-2;;/h5-7,12,16,24,26H,3-4,9-10,13H2,1-2H3,(H,23,25);5-7,12,16,19-20H,3-4,9-10,13,18H2,1-2H3;1-4,8,16H,5H2,(H,15,17);3,10H,4-5,7-8H2,1-2H3;1-4,8,11H,5H2;1-4H,5H2;1-4H2;2H,1H3;1H3;1H2/t2*16-;8-;;8-;;;;;/m111.1...../s1. The van der Waals surface area contributed by atoms with Gasteiger partial charge >= 0.3 is 24.2 Å². The van der Waals surface area contributed by atoms with Crippen molar-refractivity contribution in [3.8, 4) is 36.0 Å². The van der Waals surface area contributed by atoms with E-state index in [4.69, 9.17) is 22.0 Å². The third-order valence-corrected chi connectivity index (χ3v) is 16.6. The number of carbonyl (C=O) groups is 3. The normalized spacial score (nSPS) is 12.5. The molecule has 0 radical (unpaired) electrons. The molecule has 5 aromatic carbocycles. The van der Waals surface area contributed by atoms with E-state index in [-0.39, 0.29) is 24.0 Å². The minimum atomic E-state index is -4.99. The molecule has 17 nitrogen and oxygen atoms in total. The highest BCUT2D eigenvalue weighted by Gasteiger charge is 2.39. The number of Topliss-reactive ketones (excluding diaryl/α,β-unsaturated/α-hetero) is 1. The largest absolute Gasteiger partial charge is 0.471 e. The molecule has 1 saturated heterocycles. The van der Waals surface area contributed by atoms with Crippen LogP contribution in [0.1, 0.15) is 200 Å². The van der Waals surface area contributed by atoms with Crippen LogP contribution in [0.3, 0.4) is 0 Å². The van der Waals surface area contributed by atoms with Crippen molar-refractivity contribution in [2.45, 2.75) is 185 Å².